The standard InChI is InChI=1S/C27H21BrN2O4S/c1-3-34-26(33)23-15(2)29-27-30(24(23)20-10-6-8-16-7-4-5-9-19(16)20)25(32)22(35-27)14-17-13-18(28)11-12-21(17)31/h4-14,24,31H,3H2,1-2H3/b22-14-/t24-/m1/s1. The molecule has 0 unspecified atom stereocenters. The van der Waals surface area contributed by atoms with E-state index in [9.17, 15) is 14.7 Å². The van der Waals surface area contributed by atoms with Gasteiger partial charge in [-0.3, -0.25) is 9.36 Å². The van der Waals surface area contributed by atoms with E-state index in [4.69, 9.17) is 4.74 Å². The van der Waals surface area contributed by atoms with E-state index in [0.29, 0.717) is 26.2 Å². The van der Waals surface area contributed by atoms with Gasteiger partial charge in [0.05, 0.1) is 28.5 Å². The highest BCUT2D eigenvalue weighted by Crippen LogP contribution is 2.34. The number of fused-ring (bicyclic) bond motifs is 2. The van der Waals surface area contributed by atoms with Crippen LogP contribution >= 0.6 is 27.3 Å². The molecule has 0 fully saturated rings. The van der Waals surface area contributed by atoms with Gasteiger partial charge in [0.15, 0.2) is 4.80 Å². The van der Waals surface area contributed by atoms with Gasteiger partial charge >= 0.3 is 5.97 Å². The smallest absolute Gasteiger partial charge is 0.338 e. The van der Waals surface area contributed by atoms with Gasteiger partial charge in [0.25, 0.3) is 5.56 Å². The molecule has 2 heterocycles. The molecule has 0 radical (unpaired) electrons. The molecule has 5 rings (SSSR count). The molecule has 0 amide bonds. The average Bonchev–Trinajstić information content (AvgIpc) is 3.14. The minimum Gasteiger partial charge on any atom is -0.507 e. The molecule has 1 aliphatic heterocycles. The molecule has 1 N–H and O–H groups in total. The Hall–Kier alpha value is -3.49. The minimum absolute atomic E-state index is 0.0630. The number of aromatic nitrogens is 1. The second-order valence-corrected chi connectivity index (χ2v) is 10.00. The lowest BCUT2D eigenvalue weighted by molar-refractivity contribution is -0.139. The fourth-order valence-corrected chi connectivity index (χ4v) is 5.77. The van der Waals surface area contributed by atoms with Crippen molar-refractivity contribution in [2.45, 2.75) is 19.9 Å². The van der Waals surface area contributed by atoms with Crippen LogP contribution in [0.15, 0.2) is 86.2 Å². The Labute approximate surface area is 213 Å². The number of nitrogens with zero attached hydrogens (tertiary/aromatic N) is 2. The Morgan fingerprint density at radius 1 is 1.20 bits per heavy atom. The van der Waals surface area contributed by atoms with Crippen molar-refractivity contribution in [3.63, 3.8) is 0 Å². The number of hydrogen-bond donors (Lipinski definition) is 1. The molecule has 0 aliphatic carbocycles. The number of ether oxygens (including phenoxy) is 1. The minimum atomic E-state index is -0.699. The average molecular weight is 549 g/mol. The summed E-state index contributed by atoms with van der Waals surface area (Å²) in [7, 11) is 0. The molecule has 0 saturated heterocycles. The second-order valence-electron chi connectivity index (χ2n) is 8.07. The summed E-state index contributed by atoms with van der Waals surface area (Å²) in [5.41, 5.74) is 1.89. The molecule has 0 saturated carbocycles. The zero-order chi connectivity index (χ0) is 24.7. The highest BCUT2D eigenvalue weighted by molar-refractivity contribution is 9.10. The number of benzene rings is 3. The number of carbonyl (C=O) groups excluding carboxylic acids is 1. The number of halogens is 1. The molecule has 1 aliphatic rings. The van der Waals surface area contributed by atoms with E-state index in [1.54, 1.807) is 42.7 Å². The van der Waals surface area contributed by atoms with Crippen LogP contribution in [0.4, 0.5) is 0 Å². The number of esters is 1. The third-order valence-electron chi connectivity index (χ3n) is 5.91. The SMILES string of the molecule is CCOC(=O)C1=C(C)N=c2s/c(=C\c3cc(Br)ccc3O)c(=O)n2[C@@H]1c1cccc2ccccc12. The van der Waals surface area contributed by atoms with Crippen LogP contribution in [0.2, 0.25) is 0 Å². The second kappa shape index (κ2) is 9.28. The summed E-state index contributed by atoms with van der Waals surface area (Å²) in [4.78, 5) is 32.0. The molecule has 6 nitrogen and oxygen atoms in total. The summed E-state index contributed by atoms with van der Waals surface area (Å²) in [6.07, 6.45) is 1.65. The molecule has 1 atom stereocenters. The molecule has 3 aromatic carbocycles. The molecular weight excluding hydrogens is 528 g/mol. The maximum Gasteiger partial charge on any atom is 0.338 e. The van der Waals surface area contributed by atoms with Crippen molar-refractivity contribution < 1.29 is 14.6 Å². The number of thiazole rings is 1. The highest BCUT2D eigenvalue weighted by Gasteiger charge is 2.34. The number of hydrogen-bond acceptors (Lipinski definition) is 6. The molecule has 4 aromatic rings. The first-order valence-corrected chi connectivity index (χ1v) is 12.7. The van der Waals surface area contributed by atoms with Crippen molar-refractivity contribution in [1.29, 1.82) is 0 Å². The molecule has 176 valence electrons. The maximum atomic E-state index is 13.8. The summed E-state index contributed by atoms with van der Waals surface area (Å²) in [5, 5.41) is 12.2. The van der Waals surface area contributed by atoms with E-state index in [0.717, 1.165) is 20.8 Å². The topological polar surface area (TPSA) is 80.9 Å². The number of carbonyl (C=O) groups is 1. The van der Waals surface area contributed by atoms with Gasteiger partial charge in [-0.1, -0.05) is 69.7 Å². The van der Waals surface area contributed by atoms with Crippen LogP contribution in [0, 0.1) is 0 Å². The molecular formula is C27H21BrN2O4S. The summed E-state index contributed by atoms with van der Waals surface area (Å²) < 4.78 is 8.13. The van der Waals surface area contributed by atoms with Gasteiger partial charge in [-0.15, -0.1) is 0 Å². The van der Waals surface area contributed by atoms with E-state index in [-0.39, 0.29) is 17.9 Å². The third kappa shape index (κ3) is 4.13. The number of phenols is 1. The van der Waals surface area contributed by atoms with Crippen LogP contribution in [0.1, 0.15) is 31.0 Å². The Bertz CT molecular complexity index is 1700. The number of phenolic OH excluding ortho intramolecular Hbond substituents is 1. The van der Waals surface area contributed by atoms with Crippen LogP contribution in [-0.4, -0.2) is 22.2 Å². The Morgan fingerprint density at radius 2 is 1.97 bits per heavy atom. The Balaban J connectivity index is 1.82. The zero-order valence-electron chi connectivity index (χ0n) is 19.0. The summed E-state index contributed by atoms with van der Waals surface area (Å²) in [5.74, 6) is -0.432. The lowest BCUT2D eigenvalue weighted by Crippen LogP contribution is -2.40. The van der Waals surface area contributed by atoms with Gasteiger partial charge in [-0.2, -0.15) is 0 Å². The number of aromatic hydroxyl groups is 1. The van der Waals surface area contributed by atoms with Crippen molar-refractivity contribution >= 4 is 50.1 Å². The first-order chi connectivity index (χ1) is 16.9. The van der Waals surface area contributed by atoms with Crippen molar-refractivity contribution in [2.75, 3.05) is 6.61 Å². The molecule has 0 bridgehead atoms. The zero-order valence-corrected chi connectivity index (χ0v) is 21.4. The molecule has 1 aromatic heterocycles. The normalized spacial score (nSPS) is 15.7. The Kier molecular flexibility index (Phi) is 6.17. The monoisotopic (exact) mass is 548 g/mol. The first-order valence-electron chi connectivity index (χ1n) is 11.0. The van der Waals surface area contributed by atoms with Gasteiger partial charge in [0.1, 0.15) is 5.75 Å². The molecule has 8 heteroatoms. The van der Waals surface area contributed by atoms with E-state index in [1.807, 2.05) is 42.5 Å². The van der Waals surface area contributed by atoms with E-state index < -0.39 is 12.0 Å². The number of allylic oxidation sites excluding steroid dienone is 1. The lowest BCUT2D eigenvalue weighted by atomic mass is 9.91. The van der Waals surface area contributed by atoms with Crippen LogP contribution < -0.4 is 14.9 Å². The van der Waals surface area contributed by atoms with Crippen LogP contribution in [0.25, 0.3) is 16.8 Å². The van der Waals surface area contributed by atoms with Gasteiger partial charge in [0, 0.05) is 10.0 Å². The van der Waals surface area contributed by atoms with E-state index >= 15 is 0 Å². The van der Waals surface area contributed by atoms with Crippen LogP contribution in [0.3, 0.4) is 0 Å². The summed E-state index contributed by atoms with van der Waals surface area (Å²) in [6.45, 7) is 3.73. The molecule has 0 spiro atoms. The predicted octanol–water partition coefficient (Wildman–Crippen LogP) is 4.42. The van der Waals surface area contributed by atoms with Gasteiger partial charge < -0.3 is 9.84 Å². The van der Waals surface area contributed by atoms with E-state index in [1.165, 1.54) is 11.3 Å². The number of rotatable bonds is 4. The quantitative estimate of drug-likeness (QED) is 0.383. The van der Waals surface area contributed by atoms with Crippen molar-refractivity contribution in [2.24, 2.45) is 4.99 Å². The Morgan fingerprint density at radius 3 is 2.77 bits per heavy atom. The van der Waals surface area contributed by atoms with Crippen molar-refractivity contribution in [3.8, 4) is 5.75 Å². The first kappa shape index (κ1) is 23.3. The fraction of sp³-hybridized carbons (Fsp3) is 0.148. The van der Waals surface area contributed by atoms with Gasteiger partial charge in [0.2, 0.25) is 0 Å². The fourth-order valence-electron chi connectivity index (χ4n) is 4.36. The van der Waals surface area contributed by atoms with E-state index in [2.05, 4.69) is 20.9 Å². The van der Waals surface area contributed by atoms with Gasteiger partial charge in [-0.05, 0) is 54.5 Å². The largest absolute Gasteiger partial charge is 0.507 e. The lowest BCUT2D eigenvalue weighted by Gasteiger charge is -2.25. The third-order valence-corrected chi connectivity index (χ3v) is 7.39. The van der Waals surface area contributed by atoms with Gasteiger partial charge in [-0.25, -0.2) is 9.79 Å². The summed E-state index contributed by atoms with van der Waals surface area (Å²) >= 11 is 4.63. The maximum absolute atomic E-state index is 13.8. The highest BCUT2D eigenvalue weighted by atomic mass is 79.9. The predicted molar refractivity (Wildman–Crippen MR) is 140 cm³/mol. The summed E-state index contributed by atoms with van der Waals surface area (Å²) in [6, 6.07) is 18.1. The van der Waals surface area contributed by atoms with Crippen molar-refractivity contribution in [1.82, 2.24) is 4.57 Å². The van der Waals surface area contributed by atoms with Crippen LogP contribution in [-0.2, 0) is 9.53 Å². The van der Waals surface area contributed by atoms with Crippen LogP contribution in [0.5, 0.6) is 5.75 Å². The molecule has 35 heavy (non-hydrogen) atoms. The van der Waals surface area contributed by atoms with Crippen molar-refractivity contribution in [3.05, 3.63) is 107 Å².